The standard InChI is InChI=1S/C9H19N3O/c1-9(2,3)12-8(13)11-7-4-5-10-6-7/h7,10H,4-6H2,1-3H3,(H2,11,12,13). The molecule has 0 aromatic carbocycles. The van der Waals surface area contributed by atoms with Crippen LogP contribution in [0.2, 0.25) is 0 Å². The molecule has 0 saturated carbocycles. The highest BCUT2D eigenvalue weighted by Gasteiger charge is 2.19. The molecule has 1 atom stereocenters. The van der Waals surface area contributed by atoms with Gasteiger partial charge >= 0.3 is 6.03 Å². The number of carbonyl (C=O) groups excluding carboxylic acids is 1. The predicted molar refractivity (Wildman–Crippen MR) is 52.7 cm³/mol. The number of hydrogen-bond acceptors (Lipinski definition) is 2. The first-order valence-electron chi connectivity index (χ1n) is 4.77. The second-order valence-electron chi connectivity index (χ2n) is 4.54. The number of hydrogen-bond donors (Lipinski definition) is 3. The Kier molecular flexibility index (Phi) is 3.14. The predicted octanol–water partition coefficient (Wildman–Crippen LogP) is 0.446. The molecule has 0 aliphatic carbocycles. The fraction of sp³-hybridized carbons (Fsp3) is 0.889. The minimum absolute atomic E-state index is 0.0683. The molecule has 1 heterocycles. The fourth-order valence-corrected chi connectivity index (χ4v) is 1.34. The summed E-state index contributed by atoms with van der Waals surface area (Å²) < 4.78 is 0. The van der Waals surface area contributed by atoms with Gasteiger partial charge in [-0.05, 0) is 33.7 Å². The Balaban J connectivity index is 2.24. The molecule has 0 spiro atoms. The van der Waals surface area contributed by atoms with Crippen molar-refractivity contribution >= 4 is 6.03 Å². The zero-order valence-electron chi connectivity index (χ0n) is 8.61. The van der Waals surface area contributed by atoms with Crippen molar-refractivity contribution in [2.75, 3.05) is 13.1 Å². The number of amides is 2. The third kappa shape index (κ3) is 4.12. The van der Waals surface area contributed by atoms with E-state index in [4.69, 9.17) is 0 Å². The molecule has 0 aromatic rings. The molecule has 1 aliphatic heterocycles. The van der Waals surface area contributed by atoms with Crippen molar-refractivity contribution in [1.82, 2.24) is 16.0 Å². The van der Waals surface area contributed by atoms with Gasteiger partial charge in [-0.25, -0.2) is 4.79 Å². The van der Waals surface area contributed by atoms with Crippen LogP contribution >= 0.6 is 0 Å². The van der Waals surface area contributed by atoms with E-state index in [1.165, 1.54) is 0 Å². The average Bonchev–Trinajstić information content (AvgIpc) is 2.34. The molecule has 0 aromatic heterocycles. The van der Waals surface area contributed by atoms with E-state index in [2.05, 4.69) is 16.0 Å². The van der Waals surface area contributed by atoms with Crippen molar-refractivity contribution in [2.45, 2.75) is 38.8 Å². The zero-order valence-corrected chi connectivity index (χ0v) is 8.61. The second kappa shape index (κ2) is 3.96. The molecule has 1 saturated heterocycles. The molecular weight excluding hydrogens is 166 g/mol. The molecule has 4 nitrogen and oxygen atoms in total. The van der Waals surface area contributed by atoms with Gasteiger partial charge in [0, 0.05) is 18.1 Å². The minimum Gasteiger partial charge on any atom is -0.334 e. The van der Waals surface area contributed by atoms with E-state index in [1.807, 2.05) is 20.8 Å². The summed E-state index contributed by atoms with van der Waals surface area (Å²) >= 11 is 0. The number of carbonyl (C=O) groups is 1. The van der Waals surface area contributed by atoms with Crippen LogP contribution in [0.4, 0.5) is 4.79 Å². The molecule has 1 fully saturated rings. The Morgan fingerprint density at radius 1 is 1.46 bits per heavy atom. The first-order valence-corrected chi connectivity index (χ1v) is 4.77. The maximum atomic E-state index is 11.4. The monoisotopic (exact) mass is 185 g/mol. The molecule has 1 rings (SSSR count). The Morgan fingerprint density at radius 3 is 2.62 bits per heavy atom. The van der Waals surface area contributed by atoms with Crippen molar-refractivity contribution in [3.05, 3.63) is 0 Å². The van der Waals surface area contributed by atoms with Crippen LogP contribution in [0.15, 0.2) is 0 Å². The number of urea groups is 1. The highest BCUT2D eigenvalue weighted by Crippen LogP contribution is 2.00. The van der Waals surface area contributed by atoms with Crippen LogP contribution in [0.5, 0.6) is 0 Å². The Hall–Kier alpha value is -0.770. The fourth-order valence-electron chi connectivity index (χ4n) is 1.34. The Bertz CT molecular complexity index is 180. The number of rotatable bonds is 1. The third-order valence-corrected chi connectivity index (χ3v) is 1.88. The van der Waals surface area contributed by atoms with Crippen molar-refractivity contribution in [3.63, 3.8) is 0 Å². The lowest BCUT2D eigenvalue weighted by Crippen LogP contribution is -2.50. The van der Waals surface area contributed by atoms with Crippen LogP contribution in [0.3, 0.4) is 0 Å². The van der Waals surface area contributed by atoms with Crippen LogP contribution < -0.4 is 16.0 Å². The van der Waals surface area contributed by atoms with Gasteiger partial charge in [-0.3, -0.25) is 0 Å². The van der Waals surface area contributed by atoms with E-state index in [0.29, 0.717) is 6.04 Å². The lowest BCUT2D eigenvalue weighted by Gasteiger charge is -2.22. The van der Waals surface area contributed by atoms with Gasteiger partial charge in [0.25, 0.3) is 0 Å². The number of nitrogens with one attached hydrogen (secondary N) is 3. The van der Waals surface area contributed by atoms with Crippen molar-refractivity contribution in [3.8, 4) is 0 Å². The van der Waals surface area contributed by atoms with E-state index in [0.717, 1.165) is 19.5 Å². The van der Waals surface area contributed by atoms with Gasteiger partial charge in [-0.1, -0.05) is 0 Å². The summed E-state index contributed by atoms with van der Waals surface area (Å²) in [6, 6.07) is 0.226. The summed E-state index contributed by atoms with van der Waals surface area (Å²) in [4.78, 5) is 11.4. The van der Waals surface area contributed by atoms with E-state index in [-0.39, 0.29) is 11.6 Å². The van der Waals surface area contributed by atoms with E-state index in [1.54, 1.807) is 0 Å². The molecule has 76 valence electrons. The second-order valence-corrected chi connectivity index (χ2v) is 4.54. The van der Waals surface area contributed by atoms with Crippen LogP contribution in [-0.2, 0) is 0 Å². The molecule has 4 heteroatoms. The summed E-state index contributed by atoms with van der Waals surface area (Å²) in [5.74, 6) is 0. The largest absolute Gasteiger partial charge is 0.334 e. The smallest absolute Gasteiger partial charge is 0.315 e. The Labute approximate surface area is 79.5 Å². The summed E-state index contributed by atoms with van der Waals surface area (Å²) in [6.07, 6.45) is 1.03. The first-order chi connectivity index (χ1) is 5.97. The molecular formula is C9H19N3O. The summed E-state index contributed by atoms with van der Waals surface area (Å²) in [5.41, 5.74) is -0.157. The van der Waals surface area contributed by atoms with Crippen LogP contribution in [0, 0.1) is 0 Å². The van der Waals surface area contributed by atoms with Gasteiger partial charge in [0.05, 0.1) is 0 Å². The van der Waals surface area contributed by atoms with Gasteiger partial charge < -0.3 is 16.0 Å². The van der Waals surface area contributed by atoms with E-state index in [9.17, 15) is 4.79 Å². The molecule has 0 bridgehead atoms. The highest BCUT2D eigenvalue weighted by atomic mass is 16.2. The molecule has 3 N–H and O–H groups in total. The van der Waals surface area contributed by atoms with Gasteiger partial charge in [0.15, 0.2) is 0 Å². The molecule has 2 amide bonds. The van der Waals surface area contributed by atoms with Crippen LogP contribution in [0.25, 0.3) is 0 Å². The lowest BCUT2D eigenvalue weighted by molar-refractivity contribution is 0.229. The summed E-state index contributed by atoms with van der Waals surface area (Å²) in [6.45, 7) is 7.80. The van der Waals surface area contributed by atoms with Crippen molar-refractivity contribution in [1.29, 1.82) is 0 Å². The Morgan fingerprint density at radius 2 is 2.15 bits per heavy atom. The van der Waals surface area contributed by atoms with Gasteiger partial charge in [-0.2, -0.15) is 0 Å². The average molecular weight is 185 g/mol. The zero-order chi connectivity index (χ0) is 9.90. The molecule has 1 unspecified atom stereocenters. The van der Waals surface area contributed by atoms with Gasteiger partial charge in [0.1, 0.15) is 0 Å². The van der Waals surface area contributed by atoms with E-state index < -0.39 is 0 Å². The van der Waals surface area contributed by atoms with Crippen LogP contribution in [-0.4, -0.2) is 30.7 Å². The third-order valence-electron chi connectivity index (χ3n) is 1.88. The van der Waals surface area contributed by atoms with Crippen molar-refractivity contribution < 1.29 is 4.79 Å². The van der Waals surface area contributed by atoms with Gasteiger partial charge in [-0.15, -0.1) is 0 Å². The molecule has 1 aliphatic rings. The minimum atomic E-state index is -0.157. The van der Waals surface area contributed by atoms with Gasteiger partial charge in [0.2, 0.25) is 0 Å². The van der Waals surface area contributed by atoms with Crippen LogP contribution in [0.1, 0.15) is 27.2 Å². The quantitative estimate of drug-likeness (QED) is 0.555. The first kappa shape index (κ1) is 10.3. The summed E-state index contributed by atoms with van der Waals surface area (Å²) in [7, 11) is 0. The maximum Gasteiger partial charge on any atom is 0.315 e. The normalized spacial score (nSPS) is 22.8. The maximum absolute atomic E-state index is 11.4. The van der Waals surface area contributed by atoms with E-state index >= 15 is 0 Å². The highest BCUT2D eigenvalue weighted by molar-refractivity contribution is 5.75. The lowest BCUT2D eigenvalue weighted by atomic mass is 10.1. The molecule has 0 radical (unpaired) electrons. The SMILES string of the molecule is CC(C)(C)NC(=O)NC1CCNC1. The topological polar surface area (TPSA) is 53.2 Å². The summed E-state index contributed by atoms with van der Waals surface area (Å²) in [5, 5.41) is 8.99. The van der Waals surface area contributed by atoms with Crippen molar-refractivity contribution in [2.24, 2.45) is 0 Å². The molecule has 13 heavy (non-hydrogen) atoms.